The van der Waals surface area contributed by atoms with Crippen LogP contribution in [0.3, 0.4) is 0 Å². The van der Waals surface area contributed by atoms with Gasteiger partial charge in [0.1, 0.15) is 0 Å². The summed E-state index contributed by atoms with van der Waals surface area (Å²) in [5.41, 5.74) is 0. The largest absolute Gasteiger partial charge is 0.465 e. The van der Waals surface area contributed by atoms with Gasteiger partial charge in [-0.1, -0.05) is 12.1 Å². The Labute approximate surface area is 109 Å². The van der Waals surface area contributed by atoms with Crippen molar-refractivity contribution in [2.24, 2.45) is 0 Å². The lowest BCUT2D eigenvalue weighted by atomic mass is 10.1. The Hall–Kier alpha value is -2.32. The number of nitrogens with zero attached hydrogens (tertiary/aromatic N) is 5. The molecule has 104 valence electrons. The SMILES string of the molecule is CCC1C(n2ccnn2)N(C(=O)O)CCN1C(=O)O. The van der Waals surface area contributed by atoms with Crippen molar-refractivity contribution >= 4 is 12.2 Å². The van der Waals surface area contributed by atoms with E-state index >= 15 is 0 Å². The fourth-order valence-electron chi connectivity index (χ4n) is 2.44. The third-order valence-corrected chi connectivity index (χ3v) is 3.27. The van der Waals surface area contributed by atoms with Gasteiger partial charge in [0.25, 0.3) is 0 Å². The predicted octanol–water partition coefficient (Wildman–Crippen LogP) is 0.529. The zero-order valence-corrected chi connectivity index (χ0v) is 10.4. The molecule has 0 aromatic carbocycles. The zero-order chi connectivity index (χ0) is 14.0. The highest BCUT2D eigenvalue weighted by Gasteiger charge is 2.41. The molecule has 1 aliphatic heterocycles. The molecule has 0 bridgehead atoms. The molecule has 0 radical (unpaired) electrons. The Balaban J connectivity index is 2.38. The van der Waals surface area contributed by atoms with E-state index in [0.717, 1.165) is 0 Å². The summed E-state index contributed by atoms with van der Waals surface area (Å²) in [5.74, 6) is 0. The van der Waals surface area contributed by atoms with Crippen LogP contribution in [0.25, 0.3) is 0 Å². The molecule has 0 saturated carbocycles. The Kier molecular flexibility index (Phi) is 3.54. The third-order valence-electron chi connectivity index (χ3n) is 3.27. The van der Waals surface area contributed by atoms with Crippen LogP contribution >= 0.6 is 0 Å². The molecule has 1 aliphatic rings. The van der Waals surface area contributed by atoms with E-state index in [1.165, 1.54) is 26.9 Å². The summed E-state index contributed by atoms with van der Waals surface area (Å²) in [4.78, 5) is 25.0. The molecule has 9 heteroatoms. The second-order valence-electron chi connectivity index (χ2n) is 4.22. The first kappa shape index (κ1) is 13.1. The number of carbonyl (C=O) groups is 2. The van der Waals surface area contributed by atoms with Gasteiger partial charge >= 0.3 is 12.2 Å². The summed E-state index contributed by atoms with van der Waals surface area (Å²) in [5, 5.41) is 25.9. The molecule has 0 aliphatic carbocycles. The molecule has 2 unspecified atom stereocenters. The number of carboxylic acid groups (broad SMARTS) is 2. The maximum atomic E-state index is 11.3. The number of amides is 2. The second-order valence-corrected chi connectivity index (χ2v) is 4.22. The molecule has 2 amide bonds. The topological polar surface area (TPSA) is 112 Å². The smallest absolute Gasteiger partial charge is 0.409 e. The van der Waals surface area contributed by atoms with Crippen LogP contribution in [-0.4, -0.2) is 66.3 Å². The van der Waals surface area contributed by atoms with Crippen molar-refractivity contribution < 1.29 is 19.8 Å². The number of aromatic nitrogens is 3. The number of hydrogen-bond donors (Lipinski definition) is 2. The van der Waals surface area contributed by atoms with Crippen molar-refractivity contribution in [1.82, 2.24) is 24.8 Å². The quantitative estimate of drug-likeness (QED) is 0.809. The van der Waals surface area contributed by atoms with Crippen molar-refractivity contribution in [2.75, 3.05) is 13.1 Å². The maximum Gasteiger partial charge on any atom is 0.409 e. The van der Waals surface area contributed by atoms with Crippen molar-refractivity contribution in [3.05, 3.63) is 12.4 Å². The lowest BCUT2D eigenvalue weighted by molar-refractivity contribution is -0.00895. The van der Waals surface area contributed by atoms with Gasteiger partial charge in [-0.05, 0) is 6.42 Å². The van der Waals surface area contributed by atoms with Crippen molar-refractivity contribution in [3.63, 3.8) is 0 Å². The molecule has 2 atom stereocenters. The van der Waals surface area contributed by atoms with Gasteiger partial charge in [-0.2, -0.15) is 0 Å². The lowest BCUT2D eigenvalue weighted by Gasteiger charge is -2.44. The lowest BCUT2D eigenvalue weighted by Crippen LogP contribution is -2.59. The van der Waals surface area contributed by atoms with Crippen molar-refractivity contribution in [3.8, 4) is 0 Å². The minimum absolute atomic E-state index is 0.114. The minimum atomic E-state index is -1.09. The Morgan fingerprint density at radius 1 is 1.26 bits per heavy atom. The Morgan fingerprint density at radius 3 is 2.37 bits per heavy atom. The number of rotatable bonds is 2. The van der Waals surface area contributed by atoms with Crippen LogP contribution in [0.4, 0.5) is 9.59 Å². The Morgan fingerprint density at radius 2 is 1.89 bits per heavy atom. The summed E-state index contributed by atoms with van der Waals surface area (Å²) in [6, 6.07) is -0.482. The van der Waals surface area contributed by atoms with E-state index in [4.69, 9.17) is 0 Å². The van der Waals surface area contributed by atoms with Crippen LogP contribution < -0.4 is 0 Å². The van der Waals surface area contributed by atoms with Gasteiger partial charge in [-0.25, -0.2) is 14.3 Å². The van der Waals surface area contributed by atoms with Gasteiger partial charge in [0, 0.05) is 19.3 Å². The normalized spacial score (nSPS) is 23.4. The highest BCUT2D eigenvalue weighted by molar-refractivity contribution is 5.68. The summed E-state index contributed by atoms with van der Waals surface area (Å²) in [6.45, 7) is 2.09. The maximum absolute atomic E-state index is 11.3. The monoisotopic (exact) mass is 269 g/mol. The Bertz CT molecular complexity index is 462. The fraction of sp³-hybridized carbons (Fsp3) is 0.600. The van der Waals surface area contributed by atoms with Crippen molar-refractivity contribution in [2.45, 2.75) is 25.6 Å². The number of piperazine rings is 1. The van der Waals surface area contributed by atoms with E-state index < -0.39 is 24.4 Å². The van der Waals surface area contributed by atoms with Gasteiger partial charge in [-0.15, -0.1) is 5.10 Å². The van der Waals surface area contributed by atoms with E-state index in [9.17, 15) is 19.8 Å². The minimum Gasteiger partial charge on any atom is -0.465 e. The average Bonchev–Trinajstić information content (AvgIpc) is 2.90. The molecular weight excluding hydrogens is 254 g/mol. The van der Waals surface area contributed by atoms with Crippen LogP contribution in [0.1, 0.15) is 19.5 Å². The average molecular weight is 269 g/mol. The van der Waals surface area contributed by atoms with Gasteiger partial charge in [-0.3, -0.25) is 9.80 Å². The first-order valence-electron chi connectivity index (χ1n) is 5.91. The van der Waals surface area contributed by atoms with E-state index in [0.29, 0.717) is 6.42 Å². The summed E-state index contributed by atoms with van der Waals surface area (Å²) in [6.07, 6.45) is 0.627. The van der Waals surface area contributed by atoms with Gasteiger partial charge in [0.15, 0.2) is 6.17 Å². The molecule has 1 saturated heterocycles. The second kappa shape index (κ2) is 5.12. The van der Waals surface area contributed by atoms with E-state index in [-0.39, 0.29) is 13.1 Å². The molecule has 19 heavy (non-hydrogen) atoms. The molecule has 2 N–H and O–H groups in total. The van der Waals surface area contributed by atoms with Crippen LogP contribution in [0.15, 0.2) is 12.4 Å². The van der Waals surface area contributed by atoms with Crippen LogP contribution in [0.2, 0.25) is 0 Å². The molecule has 2 heterocycles. The molecular formula is C10H15N5O4. The summed E-state index contributed by atoms with van der Waals surface area (Å²) in [7, 11) is 0. The van der Waals surface area contributed by atoms with E-state index in [2.05, 4.69) is 10.3 Å². The van der Waals surface area contributed by atoms with Crippen LogP contribution in [0.5, 0.6) is 0 Å². The van der Waals surface area contributed by atoms with E-state index in [1.807, 2.05) is 6.92 Å². The highest BCUT2D eigenvalue weighted by Crippen LogP contribution is 2.27. The first-order valence-corrected chi connectivity index (χ1v) is 5.91. The fourth-order valence-corrected chi connectivity index (χ4v) is 2.44. The molecule has 2 rings (SSSR count). The molecule has 1 aromatic rings. The molecule has 9 nitrogen and oxygen atoms in total. The van der Waals surface area contributed by atoms with E-state index in [1.54, 1.807) is 0 Å². The van der Waals surface area contributed by atoms with Gasteiger partial charge < -0.3 is 10.2 Å². The van der Waals surface area contributed by atoms with Crippen LogP contribution in [0, 0.1) is 0 Å². The first-order chi connectivity index (χ1) is 9.06. The zero-order valence-electron chi connectivity index (χ0n) is 10.4. The summed E-state index contributed by atoms with van der Waals surface area (Å²) < 4.78 is 1.39. The standard InChI is InChI=1S/C10H15N5O4/c1-2-7-8(15-4-3-11-12-15)14(10(18)19)6-5-13(7)9(16)17/h3-4,7-8H,2,5-6H2,1H3,(H,16,17)(H,18,19). The summed E-state index contributed by atoms with van der Waals surface area (Å²) >= 11 is 0. The molecule has 1 aromatic heterocycles. The van der Waals surface area contributed by atoms with Gasteiger partial charge in [0.2, 0.25) is 0 Å². The molecule has 1 fully saturated rings. The van der Waals surface area contributed by atoms with Crippen molar-refractivity contribution in [1.29, 1.82) is 0 Å². The van der Waals surface area contributed by atoms with Crippen LogP contribution in [-0.2, 0) is 0 Å². The molecule has 0 spiro atoms. The predicted molar refractivity (Wildman–Crippen MR) is 62.6 cm³/mol. The van der Waals surface area contributed by atoms with Gasteiger partial charge in [0.05, 0.1) is 12.2 Å². The highest BCUT2D eigenvalue weighted by atomic mass is 16.4. The third kappa shape index (κ3) is 2.30. The number of hydrogen-bond acceptors (Lipinski definition) is 4.